The second-order valence-corrected chi connectivity index (χ2v) is 3.41. The maximum atomic E-state index is 11.0. The molecule has 0 aromatic carbocycles. The Bertz CT molecular complexity index is 190. The Morgan fingerprint density at radius 1 is 1.38 bits per heavy atom. The zero-order valence-corrected chi connectivity index (χ0v) is 7.79. The minimum atomic E-state index is -1.12. The van der Waals surface area contributed by atoms with Crippen LogP contribution in [-0.4, -0.2) is 23.3 Å². The maximum absolute atomic E-state index is 11.0. The van der Waals surface area contributed by atoms with Gasteiger partial charge in [-0.25, -0.2) is 4.79 Å². The number of ether oxygens (including phenoxy) is 1. The lowest BCUT2D eigenvalue weighted by molar-refractivity contribution is -0.161. The average molecular weight is 184 g/mol. The molecule has 3 heteroatoms. The van der Waals surface area contributed by atoms with E-state index < -0.39 is 11.6 Å². The first-order valence-corrected chi connectivity index (χ1v) is 4.72. The van der Waals surface area contributed by atoms with Crippen molar-refractivity contribution in [1.82, 2.24) is 0 Å². The van der Waals surface area contributed by atoms with Gasteiger partial charge < -0.3 is 9.84 Å². The summed E-state index contributed by atoms with van der Waals surface area (Å²) >= 11 is 0. The Balaban J connectivity index is 2.69. The first-order valence-electron chi connectivity index (χ1n) is 4.72. The molecular weight excluding hydrogens is 168 g/mol. The van der Waals surface area contributed by atoms with E-state index >= 15 is 0 Å². The molecule has 0 aliphatic carbocycles. The highest BCUT2D eigenvalue weighted by Gasteiger charge is 2.36. The van der Waals surface area contributed by atoms with Gasteiger partial charge in [-0.2, -0.15) is 0 Å². The number of hydrogen-bond acceptors (Lipinski definition) is 2. The maximum Gasteiger partial charge on any atom is 0.340 e. The highest BCUT2D eigenvalue weighted by atomic mass is 16.5. The third kappa shape index (κ3) is 2.31. The van der Waals surface area contributed by atoms with Crippen LogP contribution in [0, 0.1) is 0 Å². The van der Waals surface area contributed by atoms with Crippen LogP contribution in [0.5, 0.6) is 0 Å². The molecule has 1 aliphatic rings. The van der Waals surface area contributed by atoms with E-state index in [0.29, 0.717) is 13.0 Å². The van der Waals surface area contributed by atoms with E-state index in [9.17, 15) is 4.79 Å². The second-order valence-electron chi connectivity index (χ2n) is 3.41. The van der Waals surface area contributed by atoms with Gasteiger partial charge in [-0.3, -0.25) is 0 Å². The zero-order chi connectivity index (χ0) is 9.73. The van der Waals surface area contributed by atoms with Crippen LogP contribution in [0.15, 0.2) is 12.7 Å². The Morgan fingerprint density at radius 2 is 2.08 bits per heavy atom. The molecule has 0 bridgehead atoms. The van der Waals surface area contributed by atoms with E-state index in [1.165, 1.54) is 6.08 Å². The molecule has 0 amide bonds. The van der Waals surface area contributed by atoms with Gasteiger partial charge in [-0.1, -0.05) is 19.4 Å². The topological polar surface area (TPSA) is 46.5 Å². The van der Waals surface area contributed by atoms with Crippen molar-refractivity contribution in [3.05, 3.63) is 12.7 Å². The van der Waals surface area contributed by atoms with Gasteiger partial charge in [0.05, 0.1) is 0 Å². The highest BCUT2D eigenvalue weighted by Crippen LogP contribution is 2.25. The normalized spacial score (nSPS) is 30.2. The third-order valence-electron chi connectivity index (χ3n) is 2.49. The van der Waals surface area contributed by atoms with E-state index in [2.05, 4.69) is 6.58 Å². The number of carbonyl (C=O) groups is 1. The molecule has 1 heterocycles. The van der Waals surface area contributed by atoms with Crippen LogP contribution in [0.1, 0.15) is 32.1 Å². The number of hydrogen-bond donors (Lipinski definition) is 1. The van der Waals surface area contributed by atoms with E-state index in [4.69, 9.17) is 9.84 Å². The van der Waals surface area contributed by atoms with Crippen LogP contribution < -0.4 is 0 Å². The van der Waals surface area contributed by atoms with Gasteiger partial charge in [0, 0.05) is 6.61 Å². The molecule has 1 saturated heterocycles. The van der Waals surface area contributed by atoms with Crippen molar-refractivity contribution in [3.63, 3.8) is 0 Å². The summed E-state index contributed by atoms with van der Waals surface area (Å²) in [5.74, 6) is -0.913. The molecule has 3 nitrogen and oxygen atoms in total. The molecule has 0 aromatic heterocycles. The lowest BCUT2D eigenvalue weighted by atomic mass is 9.94. The fourth-order valence-corrected chi connectivity index (χ4v) is 1.59. The van der Waals surface area contributed by atoms with Crippen LogP contribution in [-0.2, 0) is 9.53 Å². The van der Waals surface area contributed by atoms with E-state index in [0.717, 1.165) is 25.7 Å². The molecule has 0 radical (unpaired) electrons. The summed E-state index contributed by atoms with van der Waals surface area (Å²) in [6.45, 7) is 4.07. The molecule has 0 spiro atoms. The Morgan fingerprint density at radius 3 is 2.69 bits per heavy atom. The van der Waals surface area contributed by atoms with E-state index in [1.54, 1.807) is 0 Å². The van der Waals surface area contributed by atoms with Gasteiger partial charge in [-0.15, -0.1) is 0 Å². The van der Waals surface area contributed by atoms with Gasteiger partial charge in [0.2, 0.25) is 0 Å². The molecule has 0 saturated carbocycles. The summed E-state index contributed by atoms with van der Waals surface area (Å²) in [6, 6.07) is 0. The summed E-state index contributed by atoms with van der Waals surface area (Å²) in [7, 11) is 0. The van der Waals surface area contributed by atoms with Gasteiger partial charge in [0.1, 0.15) is 0 Å². The van der Waals surface area contributed by atoms with Gasteiger partial charge in [-0.05, 0) is 25.3 Å². The molecule has 0 aromatic rings. The van der Waals surface area contributed by atoms with Gasteiger partial charge >= 0.3 is 5.97 Å². The Labute approximate surface area is 78.4 Å². The van der Waals surface area contributed by atoms with E-state index in [1.807, 2.05) is 0 Å². The van der Waals surface area contributed by atoms with Crippen LogP contribution in [0.4, 0.5) is 0 Å². The minimum Gasteiger partial charge on any atom is -0.479 e. The second kappa shape index (κ2) is 4.42. The third-order valence-corrected chi connectivity index (χ3v) is 2.49. The summed E-state index contributed by atoms with van der Waals surface area (Å²) in [4.78, 5) is 11.0. The van der Waals surface area contributed by atoms with Crippen molar-refractivity contribution in [3.8, 4) is 0 Å². The van der Waals surface area contributed by atoms with Crippen LogP contribution in [0.3, 0.4) is 0 Å². The molecule has 13 heavy (non-hydrogen) atoms. The van der Waals surface area contributed by atoms with Crippen LogP contribution in [0.2, 0.25) is 0 Å². The summed E-state index contributed by atoms with van der Waals surface area (Å²) in [6.07, 6.45) is 6.03. The Hall–Kier alpha value is -0.830. The molecule has 1 rings (SSSR count). The first kappa shape index (κ1) is 10.3. The van der Waals surface area contributed by atoms with Crippen molar-refractivity contribution in [1.29, 1.82) is 0 Å². The van der Waals surface area contributed by atoms with Crippen LogP contribution in [0.25, 0.3) is 0 Å². The molecule has 1 aliphatic heterocycles. The van der Waals surface area contributed by atoms with Crippen LogP contribution >= 0.6 is 0 Å². The van der Waals surface area contributed by atoms with Crippen molar-refractivity contribution < 1.29 is 14.6 Å². The summed E-state index contributed by atoms with van der Waals surface area (Å²) < 4.78 is 5.36. The number of carboxylic acid groups (broad SMARTS) is 1. The molecular formula is C10H16O3. The number of rotatable bonds is 2. The van der Waals surface area contributed by atoms with Gasteiger partial charge in [0.15, 0.2) is 5.60 Å². The van der Waals surface area contributed by atoms with Crippen molar-refractivity contribution in [2.24, 2.45) is 0 Å². The predicted octanol–water partition coefficient (Wildman–Crippen LogP) is 1.98. The van der Waals surface area contributed by atoms with Gasteiger partial charge in [0.25, 0.3) is 0 Å². The summed E-state index contributed by atoms with van der Waals surface area (Å²) in [5.41, 5.74) is -1.12. The first-order chi connectivity index (χ1) is 6.21. The predicted molar refractivity (Wildman–Crippen MR) is 49.6 cm³/mol. The summed E-state index contributed by atoms with van der Waals surface area (Å²) in [5, 5.41) is 9.01. The number of carboxylic acids is 1. The van der Waals surface area contributed by atoms with Crippen molar-refractivity contribution in [2.75, 3.05) is 6.61 Å². The van der Waals surface area contributed by atoms with Crippen molar-refractivity contribution >= 4 is 5.97 Å². The smallest absolute Gasteiger partial charge is 0.340 e. The SMILES string of the molecule is C=CC1(C(=O)O)CCCCCCO1. The van der Waals surface area contributed by atoms with Crippen molar-refractivity contribution in [2.45, 2.75) is 37.7 Å². The molecule has 1 atom stereocenters. The molecule has 1 fully saturated rings. The fraction of sp³-hybridized carbons (Fsp3) is 0.700. The molecule has 1 N–H and O–H groups in total. The Kier molecular flexibility index (Phi) is 3.48. The number of aliphatic carboxylic acids is 1. The minimum absolute atomic E-state index is 0.526. The molecule has 74 valence electrons. The lowest BCUT2D eigenvalue weighted by Crippen LogP contribution is -2.40. The average Bonchev–Trinajstić information content (AvgIpc) is 2.04. The standard InChI is InChI=1S/C10H16O3/c1-2-10(9(11)12)7-5-3-4-6-8-13-10/h2H,1,3-8H2,(H,11,12). The quantitative estimate of drug-likeness (QED) is 0.667. The highest BCUT2D eigenvalue weighted by molar-refractivity contribution is 5.80. The monoisotopic (exact) mass is 184 g/mol. The largest absolute Gasteiger partial charge is 0.479 e. The lowest BCUT2D eigenvalue weighted by Gasteiger charge is -2.28. The molecule has 1 unspecified atom stereocenters. The zero-order valence-electron chi connectivity index (χ0n) is 7.79. The van der Waals surface area contributed by atoms with E-state index in [-0.39, 0.29) is 0 Å². The fourth-order valence-electron chi connectivity index (χ4n) is 1.59.